The number of hydrogen-bond donors (Lipinski definition) is 1. The van der Waals surface area contributed by atoms with Gasteiger partial charge in [0.25, 0.3) is 0 Å². The van der Waals surface area contributed by atoms with Gasteiger partial charge in [-0.1, -0.05) is 6.92 Å². The molecule has 0 saturated carbocycles. The van der Waals surface area contributed by atoms with Crippen LogP contribution in [0.1, 0.15) is 6.92 Å². The van der Waals surface area contributed by atoms with Crippen molar-refractivity contribution in [2.24, 2.45) is 5.73 Å². The van der Waals surface area contributed by atoms with E-state index in [9.17, 15) is 8.42 Å². The Morgan fingerprint density at radius 2 is 1.81 bits per heavy atom. The van der Waals surface area contributed by atoms with Crippen molar-refractivity contribution in [1.29, 1.82) is 0 Å². The van der Waals surface area contributed by atoms with Crippen LogP contribution in [0.5, 0.6) is 0 Å². The molecule has 0 radical (unpaired) electrons. The average molecular weight is 242 g/mol. The third-order valence-electron chi connectivity index (χ3n) is 2.48. The van der Waals surface area contributed by atoms with Gasteiger partial charge in [-0.3, -0.25) is 0 Å². The highest BCUT2D eigenvalue weighted by Crippen LogP contribution is 2.17. The van der Waals surface area contributed by atoms with Crippen molar-refractivity contribution in [3.8, 4) is 0 Å². The quantitative estimate of drug-likeness (QED) is 0.832. The van der Waals surface area contributed by atoms with Crippen LogP contribution in [0.2, 0.25) is 0 Å². The first kappa shape index (κ1) is 13.0. The van der Waals surface area contributed by atoms with Gasteiger partial charge in [-0.2, -0.15) is 0 Å². The maximum Gasteiger partial charge on any atom is 0.178 e. The lowest BCUT2D eigenvalue weighted by Gasteiger charge is -2.18. The number of rotatable bonds is 5. The summed E-state index contributed by atoms with van der Waals surface area (Å²) in [6.45, 7) is 2.97. The van der Waals surface area contributed by atoms with Crippen LogP contribution < -0.4 is 10.6 Å². The van der Waals surface area contributed by atoms with Crippen LogP contribution >= 0.6 is 0 Å². The molecule has 5 heteroatoms. The molecule has 0 aromatic heterocycles. The van der Waals surface area contributed by atoms with E-state index in [2.05, 4.69) is 0 Å². The fourth-order valence-corrected chi connectivity index (χ4v) is 2.28. The third-order valence-corrected chi connectivity index (χ3v) is 4.23. The van der Waals surface area contributed by atoms with Crippen LogP contribution in [-0.4, -0.2) is 34.3 Å². The number of benzene rings is 1. The van der Waals surface area contributed by atoms with E-state index in [4.69, 9.17) is 5.73 Å². The van der Waals surface area contributed by atoms with E-state index in [1.165, 1.54) is 0 Å². The molecular formula is C11H18N2O2S. The third kappa shape index (κ3) is 2.96. The standard InChI is InChI=1S/C11H18N2O2S/c1-3-16(14,15)11-6-4-10(5-7-11)13(2)9-8-12/h4-7H,3,8-9,12H2,1-2H3. The van der Waals surface area contributed by atoms with Gasteiger partial charge in [0.05, 0.1) is 10.6 Å². The molecule has 1 rings (SSSR count). The second kappa shape index (κ2) is 5.32. The summed E-state index contributed by atoms with van der Waals surface area (Å²) in [6.07, 6.45) is 0. The highest BCUT2D eigenvalue weighted by atomic mass is 32.2. The highest BCUT2D eigenvalue weighted by molar-refractivity contribution is 7.91. The Kier molecular flexibility index (Phi) is 4.32. The average Bonchev–Trinajstić information content (AvgIpc) is 2.29. The summed E-state index contributed by atoms with van der Waals surface area (Å²) in [6, 6.07) is 6.89. The number of hydrogen-bond acceptors (Lipinski definition) is 4. The molecule has 4 nitrogen and oxygen atoms in total. The van der Waals surface area contributed by atoms with Gasteiger partial charge in [-0.05, 0) is 24.3 Å². The lowest BCUT2D eigenvalue weighted by molar-refractivity contribution is 0.597. The summed E-state index contributed by atoms with van der Waals surface area (Å²) in [4.78, 5) is 2.36. The molecule has 0 fully saturated rings. The van der Waals surface area contributed by atoms with Crippen molar-refractivity contribution >= 4 is 15.5 Å². The van der Waals surface area contributed by atoms with E-state index < -0.39 is 9.84 Å². The van der Waals surface area contributed by atoms with Gasteiger partial charge in [-0.15, -0.1) is 0 Å². The zero-order valence-corrected chi connectivity index (χ0v) is 10.5. The smallest absolute Gasteiger partial charge is 0.178 e. The minimum Gasteiger partial charge on any atom is -0.373 e. The SMILES string of the molecule is CCS(=O)(=O)c1ccc(N(C)CCN)cc1. The topological polar surface area (TPSA) is 63.4 Å². The Balaban J connectivity index is 2.91. The molecule has 2 N–H and O–H groups in total. The Morgan fingerprint density at radius 1 is 1.25 bits per heavy atom. The number of nitrogens with two attached hydrogens (primary N) is 1. The molecular weight excluding hydrogens is 224 g/mol. The van der Waals surface area contributed by atoms with Crippen molar-refractivity contribution in [3.63, 3.8) is 0 Å². The van der Waals surface area contributed by atoms with Crippen molar-refractivity contribution in [2.45, 2.75) is 11.8 Å². The minimum absolute atomic E-state index is 0.130. The highest BCUT2D eigenvalue weighted by Gasteiger charge is 2.11. The molecule has 0 bridgehead atoms. The first-order valence-corrected chi connectivity index (χ1v) is 6.90. The predicted molar refractivity (Wildman–Crippen MR) is 66.5 cm³/mol. The minimum atomic E-state index is -3.10. The predicted octanol–water partition coefficient (Wildman–Crippen LogP) is 0.875. The maximum absolute atomic E-state index is 11.6. The normalized spacial score (nSPS) is 11.4. The van der Waals surface area contributed by atoms with Crippen molar-refractivity contribution < 1.29 is 8.42 Å². The monoisotopic (exact) mass is 242 g/mol. The first-order chi connectivity index (χ1) is 7.51. The molecule has 90 valence electrons. The number of anilines is 1. The van der Waals surface area contributed by atoms with Gasteiger partial charge in [-0.25, -0.2) is 8.42 Å². The van der Waals surface area contributed by atoms with E-state index >= 15 is 0 Å². The lowest BCUT2D eigenvalue weighted by atomic mass is 10.3. The molecule has 0 spiro atoms. The number of sulfone groups is 1. The van der Waals surface area contributed by atoms with E-state index in [1.807, 2.05) is 11.9 Å². The molecule has 0 amide bonds. The Hall–Kier alpha value is -1.07. The Bertz CT molecular complexity index is 426. The van der Waals surface area contributed by atoms with Crippen LogP contribution in [0.15, 0.2) is 29.2 Å². The lowest BCUT2D eigenvalue weighted by Crippen LogP contribution is -2.24. The molecule has 0 heterocycles. The summed E-state index contributed by atoms with van der Waals surface area (Å²) in [5, 5.41) is 0. The second-order valence-electron chi connectivity index (χ2n) is 3.61. The van der Waals surface area contributed by atoms with Crippen LogP contribution in [0, 0.1) is 0 Å². The van der Waals surface area contributed by atoms with E-state index in [0.29, 0.717) is 11.4 Å². The van der Waals surface area contributed by atoms with Crippen molar-refractivity contribution in [1.82, 2.24) is 0 Å². The maximum atomic E-state index is 11.6. The summed E-state index contributed by atoms with van der Waals surface area (Å²) in [7, 11) is -1.17. The molecule has 0 aliphatic heterocycles. The van der Waals surface area contributed by atoms with Gasteiger partial charge in [0.2, 0.25) is 0 Å². The zero-order valence-electron chi connectivity index (χ0n) is 9.68. The van der Waals surface area contributed by atoms with Crippen LogP contribution in [0.3, 0.4) is 0 Å². The molecule has 1 aromatic carbocycles. The van der Waals surface area contributed by atoms with E-state index in [1.54, 1.807) is 31.2 Å². The summed E-state index contributed by atoms with van der Waals surface area (Å²) in [5.74, 6) is 0.130. The summed E-state index contributed by atoms with van der Waals surface area (Å²) in [5.41, 5.74) is 6.42. The molecule has 0 unspecified atom stereocenters. The zero-order chi connectivity index (χ0) is 12.2. The van der Waals surface area contributed by atoms with Crippen LogP contribution in [-0.2, 0) is 9.84 Å². The molecule has 0 saturated heterocycles. The molecule has 0 aliphatic rings. The van der Waals surface area contributed by atoms with Crippen LogP contribution in [0.4, 0.5) is 5.69 Å². The molecule has 1 aromatic rings. The largest absolute Gasteiger partial charge is 0.373 e. The van der Waals surface area contributed by atoms with Crippen LogP contribution in [0.25, 0.3) is 0 Å². The van der Waals surface area contributed by atoms with E-state index in [-0.39, 0.29) is 5.75 Å². The van der Waals surface area contributed by atoms with Gasteiger partial charge >= 0.3 is 0 Å². The Morgan fingerprint density at radius 3 is 2.25 bits per heavy atom. The second-order valence-corrected chi connectivity index (χ2v) is 5.89. The number of likely N-dealkylation sites (N-methyl/N-ethyl adjacent to an activating group) is 1. The van der Waals surface area contributed by atoms with E-state index in [0.717, 1.165) is 12.2 Å². The fourth-order valence-electron chi connectivity index (χ4n) is 1.40. The molecule has 0 aliphatic carbocycles. The van der Waals surface area contributed by atoms with Gasteiger partial charge < -0.3 is 10.6 Å². The molecule has 16 heavy (non-hydrogen) atoms. The van der Waals surface area contributed by atoms with Gasteiger partial charge in [0, 0.05) is 25.8 Å². The summed E-state index contributed by atoms with van der Waals surface area (Å²) >= 11 is 0. The number of nitrogens with zero attached hydrogens (tertiary/aromatic N) is 1. The Labute approximate surface area is 97.0 Å². The van der Waals surface area contributed by atoms with Gasteiger partial charge in [0.15, 0.2) is 9.84 Å². The fraction of sp³-hybridized carbons (Fsp3) is 0.455. The van der Waals surface area contributed by atoms with Crippen molar-refractivity contribution in [3.05, 3.63) is 24.3 Å². The summed E-state index contributed by atoms with van der Waals surface area (Å²) < 4.78 is 23.1. The first-order valence-electron chi connectivity index (χ1n) is 5.25. The van der Waals surface area contributed by atoms with Gasteiger partial charge in [0.1, 0.15) is 0 Å². The van der Waals surface area contributed by atoms with Crippen molar-refractivity contribution in [2.75, 3.05) is 30.8 Å². The molecule has 0 atom stereocenters.